The van der Waals surface area contributed by atoms with Gasteiger partial charge in [0.2, 0.25) is 11.8 Å². The van der Waals surface area contributed by atoms with Crippen molar-refractivity contribution in [1.82, 2.24) is 15.5 Å². The number of hydrogen-bond donors (Lipinski definition) is 2. The van der Waals surface area contributed by atoms with Gasteiger partial charge in [-0.2, -0.15) is 0 Å². The van der Waals surface area contributed by atoms with Crippen molar-refractivity contribution in [2.75, 3.05) is 39.9 Å². The van der Waals surface area contributed by atoms with Crippen molar-refractivity contribution in [2.45, 2.75) is 38.6 Å². The number of amides is 2. The molecule has 2 N–H and O–H groups in total. The van der Waals surface area contributed by atoms with Crippen LogP contribution in [-0.4, -0.2) is 62.7 Å². The summed E-state index contributed by atoms with van der Waals surface area (Å²) < 4.78 is 5.07. The highest BCUT2D eigenvalue weighted by molar-refractivity contribution is 5.85. The number of piperidine rings is 1. The second kappa shape index (κ2) is 10.1. The van der Waals surface area contributed by atoms with Gasteiger partial charge in [-0.25, -0.2) is 0 Å². The predicted molar refractivity (Wildman–Crippen MR) is 91.6 cm³/mol. The summed E-state index contributed by atoms with van der Waals surface area (Å²) in [6.45, 7) is 5.53. The third-order valence-electron chi connectivity index (χ3n) is 4.61. The smallest absolute Gasteiger partial charge is 0.237 e. The molecule has 2 heterocycles. The summed E-state index contributed by atoms with van der Waals surface area (Å²) in [7, 11) is 1.62. The average Bonchev–Trinajstić information content (AvgIpc) is 3.07. The number of nitrogens with one attached hydrogen (secondary N) is 2. The van der Waals surface area contributed by atoms with Crippen molar-refractivity contribution in [1.29, 1.82) is 0 Å². The molecule has 23 heavy (non-hydrogen) atoms. The monoisotopic (exact) mass is 347 g/mol. The number of methoxy groups -OCH3 is 1. The highest BCUT2D eigenvalue weighted by atomic mass is 35.5. The van der Waals surface area contributed by atoms with Gasteiger partial charge in [-0.05, 0) is 38.1 Å². The number of carbonyl (C=O) groups is 2. The lowest BCUT2D eigenvalue weighted by atomic mass is 9.96. The van der Waals surface area contributed by atoms with E-state index in [0.29, 0.717) is 19.1 Å². The molecule has 0 aromatic heterocycles. The standard InChI is InChI=1S/C16H29N3O3.ClH/c1-12(11-22-2)16(21)19-8-4-5-13(10-19)9-18-15(20)14-6-3-7-17-14;/h12-14,17H,3-11H2,1-2H3,(H,18,20);1H. The summed E-state index contributed by atoms with van der Waals surface area (Å²) in [6.07, 6.45) is 4.07. The number of hydrogen-bond acceptors (Lipinski definition) is 4. The molecule has 134 valence electrons. The van der Waals surface area contributed by atoms with Crippen LogP contribution in [0.4, 0.5) is 0 Å². The zero-order chi connectivity index (χ0) is 15.9. The first-order chi connectivity index (χ1) is 10.6. The Kier molecular flexibility index (Phi) is 8.87. The van der Waals surface area contributed by atoms with Crippen molar-refractivity contribution in [2.24, 2.45) is 11.8 Å². The Balaban J connectivity index is 0.00000264. The summed E-state index contributed by atoms with van der Waals surface area (Å²) in [5, 5.41) is 6.25. The van der Waals surface area contributed by atoms with Crippen molar-refractivity contribution >= 4 is 24.2 Å². The summed E-state index contributed by atoms with van der Waals surface area (Å²) in [5.41, 5.74) is 0. The van der Waals surface area contributed by atoms with E-state index in [9.17, 15) is 9.59 Å². The summed E-state index contributed by atoms with van der Waals surface area (Å²) >= 11 is 0. The molecule has 2 saturated heterocycles. The van der Waals surface area contributed by atoms with Crippen LogP contribution in [0.3, 0.4) is 0 Å². The molecular weight excluding hydrogens is 318 g/mol. The minimum atomic E-state index is -0.0963. The van der Waals surface area contributed by atoms with Crippen LogP contribution in [0, 0.1) is 11.8 Å². The lowest BCUT2D eigenvalue weighted by Crippen LogP contribution is -2.48. The van der Waals surface area contributed by atoms with E-state index in [0.717, 1.165) is 45.3 Å². The highest BCUT2D eigenvalue weighted by Gasteiger charge is 2.28. The molecule has 3 unspecified atom stereocenters. The Morgan fingerprint density at radius 1 is 1.35 bits per heavy atom. The van der Waals surface area contributed by atoms with Gasteiger partial charge in [0.1, 0.15) is 0 Å². The van der Waals surface area contributed by atoms with Gasteiger partial charge in [0.15, 0.2) is 0 Å². The molecule has 2 aliphatic heterocycles. The molecule has 3 atom stereocenters. The van der Waals surface area contributed by atoms with E-state index in [2.05, 4.69) is 10.6 Å². The van der Waals surface area contributed by atoms with Gasteiger partial charge in [-0.1, -0.05) is 6.92 Å². The Bertz CT molecular complexity index is 389. The number of rotatable bonds is 6. The Morgan fingerprint density at radius 2 is 2.13 bits per heavy atom. The molecule has 7 heteroatoms. The number of likely N-dealkylation sites (tertiary alicyclic amines) is 1. The average molecular weight is 348 g/mol. The van der Waals surface area contributed by atoms with Crippen LogP contribution in [-0.2, 0) is 14.3 Å². The van der Waals surface area contributed by atoms with Gasteiger partial charge >= 0.3 is 0 Å². The van der Waals surface area contributed by atoms with Gasteiger partial charge in [0.25, 0.3) is 0 Å². The summed E-state index contributed by atoms with van der Waals surface area (Å²) in [6, 6.07) is -0.0250. The quantitative estimate of drug-likeness (QED) is 0.745. The second-order valence-corrected chi connectivity index (χ2v) is 6.54. The number of nitrogens with zero attached hydrogens (tertiary/aromatic N) is 1. The molecule has 0 aliphatic carbocycles. The van der Waals surface area contributed by atoms with Crippen molar-refractivity contribution in [3.63, 3.8) is 0 Å². The fraction of sp³-hybridized carbons (Fsp3) is 0.875. The maximum atomic E-state index is 12.3. The third-order valence-corrected chi connectivity index (χ3v) is 4.61. The maximum Gasteiger partial charge on any atom is 0.237 e. The number of ether oxygens (including phenoxy) is 1. The molecule has 6 nitrogen and oxygen atoms in total. The largest absolute Gasteiger partial charge is 0.384 e. The van der Waals surface area contributed by atoms with Crippen LogP contribution < -0.4 is 10.6 Å². The Morgan fingerprint density at radius 3 is 2.78 bits per heavy atom. The first-order valence-electron chi connectivity index (χ1n) is 8.40. The van der Waals surface area contributed by atoms with Crippen LogP contribution in [0.15, 0.2) is 0 Å². The normalized spacial score (nSPS) is 25.6. The summed E-state index contributed by atoms with van der Waals surface area (Å²) in [4.78, 5) is 26.3. The third kappa shape index (κ3) is 5.94. The molecule has 0 bridgehead atoms. The minimum absolute atomic E-state index is 0. The highest BCUT2D eigenvalue weighted by Crippen LogP contribution is 2.18. The predicted octanol–water partition coefficient (Wildman–Crippen LogP) is 0.798. The van der Waals surface area contributed by atoms with Crippen molar-refractivity contribution < 1.29 is 14.3 Å². The van der Waals surface area contributed by atoms with E-state index in [-0.39, 0.29) is 36.2 Å². The van der Waals surface area contributed by atoms with E-state index < -0.39 is 0 Å². The van der Waals surface area contributed by atoms with Gasteiger partial charge < -0.3 is 20.3 Å². The fourth-order valence-corrected chi connectivity index (χ4v) is 3.34. The molecule has 0 aromatic rings. The molecular formula is C16H30ClN3O3. The molecule has 2 rings (SSSR count). The molecule has 0 spiro atoms. The van der Waals surface area contributed by atoms with Gasteiger partial charge in [0, 0.05) is 26.7 Å². The van der Waals surface area contributed by atoms with Crippen LogP contribution in [0.1, 0.15) is 32.6 Å². The minimum Gasteiger partial charge on any atom is -0.384 e. The first-order valence-corrected chi connectivity index (χ1v) is 8.40. The zero-order valence-electron chi connectivity index (χ0n) is 14.2. The zero-order valence-corrected chi connectivity index (χ0v) is 15.0. The van der Waals surface area contributed by atoms with Gasteiger partial charge in [-0.15, -0.1) is 12.4 Å². The van der Waals surface area contributed by atoms with Crippen LogP contribution in [0.2, 0.25) is 0 Å². The number of carbonyl (C=O) groups excluding carboxylic acids is 2. The van der Waals surface area contributed by atoms with E-state index in [1.165, 1.54) is 0 Å². The van der Waals surface area contributed by atoms with E-state index in [1.54, 1.807) is 7.11 Å². The molecule has 0 radical (unpaired) electrons. The van der Waals surface area contributed by atoms with Crippen LogP contribution in [0.25, 0.3) is 0 Å². The van der Waals surface area contributed by atoms with Crippen LogP contribution in [0.5, 0.6) is 0 Å². The Labute approximate surface area is 145 Å². The topological polar surface area (TPSA) is 70.7 Å². The lowest BCUT2D eigenvalue weighted by Gasteiger charge is -2.34. The van der Waals surface area contributed by atoms with Gasteiger partial charge in [0.05, 0.1) is 18.6 Å². The van der Waals surface area contributed by atoms with E-state index in [1.807, 2.05) is 11.8 Å². The first kappa shape index (κ1) is 20.2. The molecule has 0 aromatic carbocycles. The summed E-state index contributed by atoms with van der Waals surface area (Å²) in [5.74, 6) is 0.530. The van der Waals surface area contributed by atoms with Gasteiger partial charge in [-0.3, -0.25) is 9.59 Å². The maximum absolute atomic E-state index is 12.3. The lowest BCUT2D eigenvalue weighted by molar-refractivity contribution is -0.138. The number of halogens is 1. The second-order valence-electron chi connectivity index (χ2n) is 6.54. The van der Waals surface area contributed by atoms with E-state index in [4.69, 9.17) is 4.74 Å². The van der Waals surface area contributed by atoms with Crippen LogP contribution >= 0.6 is 12.4 Å². The fourth-order valence-electron chi connectivity index (χ4n) is 3.34. The van der Waals surface area contributed by atoms with Crippen molar-refractivity contribution in [3.8, 4) is 0 Å². The Hall–Kier alpha value is -0.850. The molecule has 2 amide bonds. The van der Waals surface area contributed by atoms with Crippen molar-refractivity contribution in [3.05, 3.63) is 0 Å². The molecule has 0 saturated carbocycles. The van der Waals surface area contributed by atoms with E-state index >= 15 is 0 Å². The SMILES string of the molecule is COCC(C)C(=O)N1CCCC(CNC(=O)C2CCCN2)C1.Cl. The molecule has 2 fully saturated rings. The molecule has 2 aliphatic rings.